The smallest absolute Gasteiger partial charge is 0.147 e. The lowest BCUT2D eigenvalue weighted by Gasteiger charge is -2.46. The van der Waals surface area contributed by atoms with Crippen LogP contribution in [0, 0.1) is 0 Å². The predicted octanol–water partition coefficient (Wildman–Crippen LogP) is -0.398. The largest absolute Gasteiger partial charge is 0.379 e. The van der Waals surface area contributed by atoms with Crippen molar-refractivity contribution in [2.45, 2.75) is 31.5 Å². The van der Waals surface area contributed by atoms with Crippen molar-refractivity contribution >= 4 is 0 Å². The number of hydrogen-bond donors (Lipinski definition) is 1. The highest BCUT2D eigenvalue weighted by Crippen LogP contribution is 2.28. The molecule has 3 heterocycles. The van der Waals surface area contributed by atoms with E-state index >= 15 is 0 Å². The summed E-state index contributed by atoms with van der Waals surface area (Å²) in [7, 11) is 0. The van der Waals surface area contributed by atoms with Crippen molar-refractivity contribution in [1.82, 2.24) is 19.7 Å². The third-order valence-electron chi connectivity index (χ3n) is 3.99. The number of fused-ring (bicyclic) bond motifs is 1. The fourth-order valence-electron chi connectivity index (χ4n) is 2.85. The number of nitrogens with zero attached hydrogens (tertiary/aromatic N) is 4. The highest BCUT2D eigenvalue weighted by molar-refractivity contribution is 4.99. The second-order valence-corrected chi connectivity index (χ2v) is 4.95. The molecule has 6 heteroatoms. The Morgan fingerprint density at radius 3 is 3.18 bits per heavy atom. The molecule has 0 aromatic carbocycles. The van der Waals surface area contributed by atoms with E-state index in [-0.39, 0.29) is 5.54 Å². The lowest BCUT2D eigenvalue weighted by atomic mass is 9.90. The molecule has 1 unspecified atom stereocenters. The minimum Gasteiger partial charge on any atom is -0.379 e. The van der Waals surface area contributed by atoms with Crippen LogP contribution in [0.3, 0.4) is 0 Å². The molecule has 3 rings (SSSR count). The summed E-state index contributed by atoms with van der Waals surface area (Å²) in [5.74, 6) is 1.04. The van der Waals surface area contributed by atoms with E-state index in [0.717, 1.165) is 51.5 Å². The highest BCUT2D eigenvalue weighted by atomic mass is 16.5. The van der Waals surface area contributed by atoms with Crippen molar-refractivity contribution in [3.05, 3.63) is 12.2 Å². The molecule has 1 saturated heterocycles. The maximum absolute atomic E-state index is 6.00. The van der Waals surface area contributed by atoms with Crippen LogP contribution in [0.5, 0.6) is 0 Å². The number of rotatable bonds is 2. The Labute approximate surface area is 101 Å². The summed E-state index contributed by atoms with van der Waals surface area (Å²) >= 11 is 0. The van der Waals surface area contributed by atoms with E-state index in [1.54, 1.807) is 6.33 Å². The average molecular weight is 237 g/mol. The topological polar surface area (TPSA) is 69.2 Å². The van der Waals surface area contributed by atoms with Crippen LogP contribution >= 0.6 is 0 Å². The summed E-state index contributed by atoms with van der Waals surface area (Å²) in [4.78, 5) is 2.43. The molecule has 17 heavy (non-hydrogen) atoms. The first kappa shape index (κ1) is 11.1. The molecule has 0 radical (unpaired) electrons. The molecule has 2 aliphatic heterocycles. The number of nitrogens with two attached hydrogens (primary N) is 1. The van der Waals surface area contributed by atoms with Gasteiger partial charge in [-0.3, -0.25) is 4.90 Å². The molecule has 1 aromatic rings. The predicted molar refractivity (Wildman–Crippen MR) is 62.3 cm³/mol. The number of ether oxygens (including phenoxy) is 1. The second-order valence-electron chi connectivity index (χ2n) is 4.95. The van der Waals surface area contributed by atoms with Crippen LogP contribution in [0.1, 0.15) is 18.7 Å². The zero-order valence-electron chi connectivity index (χ0n) is 10.0. The normalized spacial score (nSPS) is 30.2. The molecule has 1 fully saturated rings. The van der Waals surface area contributed by atoms with Crippen molar-refractivity contribution in [2.24, 2.45) is 5.73 Å². The monoisotopic (exact) mass is 237 g/mol. The minimum absolute atomic E-state index is 0.00937. The van der Waals surface area contributed by atoms with Crippen LogP contribution in [-0.4, -0.2) is 51.5 Å². The maximum Gasteiger partial charge on any atom is 0.147 e. The van der Waals surface area contributed by atoms with Crippen LogP contribution < -0.4 is 5.73 Å². The standard InChI is InChI=1S/C11H19N5O/c12-7-11(2-1-5-17-8-11)16-4-3-15-9-13-14-10(15)6-16/h9H,1-8,12H2. The van der Waals surface area contributed by atoms with E-state index in [2.05, 4.69) is 19.7 Å². The van der Waals surface area contributed by atoms with Gasteiger partial charge >= 0.3 is 0 Å². The number of aromatic nitrogens is 3. The second kappa shape index (κ2) is 4.36. The Kier molecular flexibility index (Phi) is 2.85. The molecule has 6 nitrogen and oxygen atoms in total. The maximum atomic E-state index is 6.00. The van der Waals surface area contributed by atoms with Crippen LogP contribution in [-0.2, 0) is 17.8 Å². The van der Waals surface area contributed by atoms with Gasteiger partial charge < -0.3 is 15.0 Å². The molecule has 0 aliphatic carbocycles. The first-order valence-electron chi connectivity index (χ1n) is 6.24. The summed E-state index contributed by atoms with van der Waals surface area (Å²) in [6, 6.07) is 0. The summed E-state index contributed by atoms with van der Waals surface area (Å²) < 4.78 is 7.75. The van der Waals surface area contributed by atoms with Crippen molar-refractivity contribution in [1.29, 1.82) is 0 Å². The highest BCUT2D eigenvalue weighted by Gasteiger charge is 2.39. The summed E-state index contributed by atoms with van der Waals surface area (Å²) in [6.45, 7) is 5.06. The summed E-state index contributed by atoms with van der Waals surface area (Å²) in [6.07, 6.45) is 4.02. The van der Waals surface area contributed by atoms with Crippen molar-refractivity contribution in [3.8, 4) is 0 Å². The molecule has 1 atom stereocenters. The van der Waals surface area contributed by atoms with E-state index in [9.17, 15) is 0 Å². The quantitative estimate of drug-likeness (QED) is 0.758. The lowest BCUT2D eigenvalue weighted by molar-refractivity contribution is -0.0561. The van der Waals surface area contributed by atoms with E-state index < -0.39 is 0 Å². The van der Waals surface area contributed by atoms with Crippen LogP contribution in [0.4, 0.5) is 0 Å². The van der Waals surface area contributed by atoms with Crippen molar-refractivity contribution in [2.75, 3.05) is 26.3 Å². The summed E-state index contributed by atoms with van der Waals surface area (Å²) in [5, 5.41) is 8.11. The van der Waals surface area contributed by atoms with Gasteiger partial charge in [0.2, 0.25) is 0 Å². The molecule has 94 valence electrons. The van der Waals surface area contributed by atoms with Crippen molar-refractivity contribution in [3.63, 3.8) is 0 Å². The third-order valence-corrected chi connectivity index (χ3v) is 3.99. The SMILES string of the molecule is NCC1(N2CCn3cnnc3C2)CCCOC1. The van der Waals surface area contributed by atoms with E-state index in [4.69, 9.17) is 10.5 Å². The molecule has 0 bridgehead atoms. The zero-order chi connectivity index (χ0) is 11.7. The molecule has 0 amide bonds. The molecule has 1 aromatic heterocycles. The molecule has 2 N–H and O–H groups in total. The van der Waals surface area contributed by atoms with Gasteiger partial charge in [0.15, 0.2) is 0 Å². The molecular formula is C11H19N5O. The first-order chi connectivity index (χ1) is 8.34. The molecule has 2 aliphatic rings. The van der Waals surface area contributed by atoms with Gasteiger partial charge in [0, 0.05) is 26.2 Å². The van der Waals surface area contributed by atoms with Crippen molar-refractivity contribution < 1.29 is 4.74 Å². The zero-order valence-corrected chi connectivity index (χ0v) is 10.0. The van der Waals surface area contributed by atoms with Gasteiger partial charge in [-0.05, 0) is 12.8 Å². The Bertz CT molecular complexity index is 385. The Morgan fingerprint density at radius 1 is 1.47 bits per heavy atom. The van der Waals surface area contributed by atoms with Crippen LogP contribution in [0.15, 0.2) is 6.33 Å². The fraction of sp³-hybridized carbons (Fsp3) is 0.818. The van der Waals surface area contributed by atoms with Gasteiger partial charge in [0.05, 0.1) is 18.7 Å². The van der Waals surface area contributed by atoms with Gasteiger partial charge in [-0.1, -0.05) is 0 Å². The fourth-order valence-corrected chi connectivity index (χ4v) is 2.85. The van der Waals surface area contributed by atoms with Crippen LogP contribution in [0.25, 0.3) is 0 Å². The van der Waals surface area contributed by atoms with Gasteiger partial charge in [-0.2, -0.15) is 0 Å². The molecule has 0 saturated carbocycles. The number of hydrogen-bond acceptors (Lipinski definition) is 5. The first-order valence-corrected chi connectivity index (χ1v) is 6.24. The summed E-state index contributed by atoms with van der Waals surface area (Å²) in [5.41, 5.74) is 6.01. The molecular weight excluding hydrogens is 218 g/mol. The van der Waals surface area contributed by atoms with E-state index in [1.807, 2.05) is 0 Å². The molecule has 0 spiro atoms. The Balaban J connectivity index is 1.80. The minimum atomic E-state index is 0.00937. The Hall–Kier alpha value is -0.980. The van der Waals surface area contributed by atoms with Gasteiger partial charge in [-0.25, -0.2) is 0 Å². The Morgan fingerprint density at radius 2 is 2.41 bits per heavy atom. The van der Waals surface area contributed by atoms with Gasteiger partial charge in [0.25, 0.3) is 0 Å². The van der Waals surface area contributed by atoms with E-state index in [0.29, 0.717) is 6.54 Å². The van der Waals surface area contributed by atoms with Crippen LogP contribution in [0.2, 0.25) is 0 Å². The lowest BCUT2D eigenvalue weighted by Crippen LogP contribution is -2.60. The van der Waals surface area contributed by atoms with Gasteiger partial charge in [0.1, 0.15) is 12.2 Å². The average Bonchev–Trinajstić information content (AvgIpc) is 2.86. The third kappa shape index (κ3) is 1.86. The van der Waals surface area contributed by atoms with E-state index in [1.165, 1.54) is 0 Å². The van der Waals surface area contributed by atoms with Gasteiger partial charge in [-0.15, -0.1) is 10.2 Å².